The third-order valence-electron chi connectivity index (χ3n) is 2.06. The van der Waals surface area contributed by atoms with Gasteiger partial charge in [0.05, 0.1) is 21.0 Å². The quantitative estimate of drug-likeness (QED) is 0.299. The maximum absolute atomic E-state index is 11.5. The molecule has 0 aromatic rings. The van der Waals surface area contributed by atoms with Crippen LogP contribution >= 0.6 is 7.82 Å². The fourth-order valence-corrected chi connectivity index (χ4v) is 1.33. The lowest BCUT2D eigenvalue weighted by molar-refractivity contribution is -0.398. The van der Waals surface area contributed by atoms with Gasteiger partial charge >= 0.3 is 5.97 Å². The number of phosphoric acid groups is 1. The maximum atomic E-state index is 11.5. The Balaban J connectivity index is 4.33. The molecule has 5 N–H and O–H groups in total. The van der Waals surface area contributed by atoms with Crippen LogP contribution in [0.5, 0.6) is 0 Å². The Morgan fingerprint density at radius 2 is 1.95 bits per heavy atom. The van der Waals surface area contributed by atoms with Crippen molar-refractivity contribution in [3.05, 3.63) is 0 Å². The van der Waals surface area contributed by atoms with E-state index in [-0.39, 0.29) is 0 Å². The van der Waals surface area contributed by atoms with Gasteiger partial charge in [-0.25, -0.2) is 4.79 Å². The van der Waals surface area contributed by atoms with Crippen LogP contribution in [0.1, 0.15) is 13.8 Å². The SMILES string of the molecule is C[C@@H]([NH3+])C(=O)N[C@H](C)C(=O)O[C@@H](CO)COP(=O)([O-])[O-]. The van der Waals surface area contributed by atoms with Gasteiger partial charge in [-0.2, -0.15) is 0 Å². The third-order valence-corrected chi connectivity index (χ3v) is 2.53. The predicted octanol–water partition coefficient (Wildman–Crippen LogP) is -4.13. The molecule has 0 aromatic carbocycles. The van der Waals surface area contributed by atoms with E-state index in [1.165, 1.54) is 13.8 Å². The van der Waals surface area contributed by atoms with Gasteiger partial charge < -0.3 is 39.8 Å². The largest absolute Gasteiger partial charge is 0.790 e. The molecule has 0 saturated carbocycles. The summed E-state index contributed by atoms with van der Waals surface area (Å²) in [5.41, 5.74) is 3.46. The number of quaternary nitrogens is 1. The molecule has 0 bridgehead atoms. The number of carbonyl (C=O) groups excluding carboxylic acids is 2. The minimum Gasteiger partial charge on any atom is -0.790 e. The molecule has 0 fully saturated rings. The van der Waals surface area contributed by atoms with Crippen LogP contribution in [-0.4, -0.2) is 48.4 Å². The fraction of sp³-hybridized carbons (Fsp3) is 0.778. The molecular formula is C9H18N2O8P-. The summed E-state index contributed by atoms with van der Waals surface area (Å²) < 4.78 is 18.8. The van der Waals surface area contributed by atoms with Crippen LogP contribution in [0.3, 0.4) is 0 Å². The zero-order chi connectivity index (χ0) is 15.9. The van der Waals surface area contributed by atoms with E-state index in [1.54, 1.807) is 0 Å². The Hall–Kier alpha value is -1.03. The van der Waals surface area contributed by atoms with Gasteiger partial charge in [-0.3, -0.25) is 4.79 Å². The third kappa shape index (κ3) is 8.20. The number of amides is 1. The van der Waals surface area contributed by atoms with Crippen molar-refractivity contribution in [1.29, 1.82) is 0 Å². The van der Waals surface area contributed by atoms with Crippen molar-refractivity contribution in [1.82, 2.24) is 5.32 Å². The second kappa shape index (κ2) is 8.30. The molecule has 0 aromatic heterocycles. The van der Waals surface area contributed by atoms with Gasteiger partial charge in [-0.05, 0) is 13.8 Å². The molecule has 118 valence electrons. The number of aliphatic hydroxyl groups excluding tert-OH is 1. The lowest BCUT2D eigenvalue weighted by Crippen LogP contribution is -2.66. The van der Waals surface area contributed by atoms with Crippen molar-refractivity contribution in [3.63, 3.8) is 0 Å². The molecule has 0 saturated heterocycles. The van der Waals surface area contributed by atoms with Gasteiger partial charge in [0.15, 0.2) is 6.04 Å². The molecule has 0 aliphatic carbocycles. The summed E-state index contributed by atoms with van der Waals surface area (Å²) in [6, 6.07) is -1.60. The Labute approximate surface area is 115 Å². The molecule has 0 aliphatic rings. The number of aliphatic hydroxyl groups is 1. The van der Waals surface area contributed by atoms with E-state index in [2.05, 4.69) is 20.3 Å². The lowest BCUT2D eigenvalue weighted by Gasteiger charge is -2.30. The van der Waals surface area contributed by atoms with Gasteiger partial charge in [0.1, 0.15) is 12.1 Å². The van der Waals surface area contributed by atoms with E-state index in [9.17, 15) is 23.9 Å². The van der Waals surface area contributed by atoms with Gasteiger partial charge in [0.2, 0.25) is 0 Å². The number of phosphoric ester groups is 1. The number of rotatable bonds is 8. The van der Waals surface area contributed by atoms with Crippen molar-refractivity contribution in [2.24, 2.45) is 0 Å². The number of hydrogen-bond donors (Lipinski definition) is 3. The average molecular weight is 313 g/mol. The van der Waals surface area contributed by atoms with Crippen LogP contribution < -0.4 is 20.8 Å². The van der Waals surface area contributed by atoms with Crippen molar-refractivity contribution in [3.8, 4) is 0 Å². The monoisotopic (exact) mass is 313 g/mol. The Morgan fingerprint density at radius 1 is 1.40 bits per heavy atom. The molecule has 1 amide bonds. The van der Waals surface area contributed by atoms with Gasteiger partial charge in [0, 0.05) is 0 Å². The molecule has 20 heavy (non-hydrogen) atoms. The molecule has 3 atom stereocenters. The summed E-state index contributed by atoms with van der Waals surface area (Å²) >= 11 is 0. The van der Waals surface area contributed by atoms with Crippen LogP contribution in [0.15, 0.2) is 0 Å². The number of carbonyl (C=O) groups is 2. The summed E-state index contributed by atoms with van der Waals surface area (Å²) in [5, 5.41) is 11.2. The summed E-state index contributed by atoms with van der Waals surface area (Å²) in [4.78, 5) is 43.4. The zero-order valence-corrected chi connectivity index (χ0v) is 12.0. The number of nitrogens with one attached hydrogen (secondary N) is 1. The van der Waals surface area contributed by atoms with E-state index in [0.29, 0.717) is 0 Å². The highest BCUT2D eigenvalue weighted by Gasteiger charge is 2.23. The highest BCUT2D eigenvalue weighted by molar-refractivity contribution is 7.43. The molecule has 0 rings (SSSR count). The van der Waals surface area contributed by atoms with Gasteiger partial charge in [-0.1, -0.05) is 0 Å². The van der Waals surface area contributed by atoms with E-state index in [0.717, 1.165) is 0 Å². The topological polar surface area (TPSA) is 176 Å². The summed E-state index contributed by atoms with van der Waals surface area (Å²) in [5.74, 6) is -1.39. The van der Waals surface area contributed by atoms with Gasteiger partial charge in [-0.15, -0.1) is 0 Å². The standard InChI is InChI=1S/C9H19N2O8P/c1-5(10)8(13)11-6(2)9(14)19-7(3-12)4-18-20(15,16)17/h5-7,12H,3-4,10H2,1-2H3,(H,11,13)(H2,15,16,17)/p-1/t5-,6-,7+/m1/s1. The van der Waals surface area contributed by atoms with E-state index < -0.39 is 51.1 Å². The van der Waals surface area contributed by atoms with E-state index in [4.69, 9.17) is 5.11 Å². The lowest BCUT2D eigenvalue weighted by atomic mass is 10.3. The molecule has 0 spiro atoms. The molecule has 0 unspecified atom stereocenters. The molecule has 10 nitrogen and oxygen atoms in total. The van der Waals surface area contributed by atoms with Crippen molar-refractivity contribution >= 4 is 19.7 Å². The average Bonchev–Trinajstić information content (AvgIpc) is 2.32. The second-order valence-electron chi connectivity index (χ2n) is 4.12. The van der Waals surface area contributed by atoms with E-state index >= 15 is 0 Å². The Kier molecular flexibility index (Phi) is 7.87. The highest BCUT2D eigenvalue weighted by Crippen LogP contribution is 2.24. The Morgan fingerprint density at radius 3 is 2.35 bits per heavy atom. The first kappa shape index (κ1) is 19.0. The Bertz CT molecular complexity index is 382. The minimum atomic E-state index is -5.22. The van der Waals surface area contributed by atoms with Crippen LogP contribution in [0.2, 0.25) is 0 Å². The molecule has 0 radical (unpaired) electrons. The summed E-state index contributed by atoms with van der Waals surface area (Å²) in [6.45, 7) is 1.33. The first-order chi connectivity index (χ1) is 9.06. The maximum Gasteiger partial charge on any atom is 0.328 e. The van der Waals surface area contributed by atoms with Crippen LogP contribution in [0, 0.1) is 0 Å². The van der Waals surface area contributed by atoms with Crippen LogP contribution in [-0.2, 0) is 23.4 Å². The van der Waals surface area contributed by atoms with Crippen molar-refractivity contribution in [2.75, 3.05) is 13.2 Å². The molecule has 11 heteroatoms. The number of hydrogen-bond acceptors (Lipinski definition) is 8. The van der Waals surface area contributed by atoms with Crippen LogP contribution in [0.25, 0.3) is 0 Å². The first-order valence-corrected chi connectivity index (χ1v) is 7.14. The minimum absolute atomic E-state index is 0.477. The van der Waals surface area contributed by atoms with Crippen molar-refractivity contribution in [2.45, 2.75) is 32.0 Å². The summed E-state index contributed by atoms with van der Waals surface area (Å²) in [7, 11) is -5.22. The normalized spacial score (nSPS) is 16.1. The smallest absolute Gasteiger partial charge is 0.328 e. The second-order valence-corrected chi connectivity index (χ2v) is 5.27. The van der Waals surface area contributed by atoms with E-state index in [1.807, 2.05) is 0 Å². The summed E-state index contributed by atoms with van der Waals surface area (Å²) in [6.07, 6.45) is -1.32. The van der Waals surface area contributed by atoms with Crippen LogP contribution in [0.4, 0.5) is 0 Å². The van der Waals surface area contributed by atoms with Crippen molar-refractivity contribution < 1.29 is 44.0 Å². The highest BCUT2D eigenvalue weighted by atomic mass is 31.2. The number of esters is 1. The first-order valence-electron chi connectivity index (χ1n) is 5.68. The van der Waals surface area contributed by atoms with Gasteiger partial charge in [0.25, 0.3) is 5.91 Å². The zero-order valence-electron chi connectivity index (χ0n) is 11.1. The molecule has 0 heterocycles. The predicted molar refractivity (Wildman–Crippen MR) is 60.5 cm³/mol. The molecular weight excluding hydrogens is 295 g/mol. The fourth-order valence-electron chi connectivity index (χ4n) is 0.979. The number of ether oxygens (including phenoxy) is 1. The molecule has 0 aliphatic heterocycles.